The van der Waals surface area contributed by atoms with Crippen LogP contribution in [-0.2, 0) is 0 Å². The molecule has 2 nitrogen and oxygen atoms in total. The van der Waals surface area contributed by atoms with Gasteiger partial charge in [0.15, 0.2) is 0 Å². The third-order valence-electron chi connectivity index (χ3n) is 3.54. The largest absolute Gasteiger partial charge is 0.394 e. The topological polar surface area (TPSA) is 23.5 Å². The van der Waals surface area contributed by atoms with Gasteiger partial charge in [0.1, 0.15) is 0 Å². The Labute approximate surface area is 132 Å². The zero-order valence-corrected chi connectivity index (χ0v) is 12.6. The summed E-state index contributed by atoms with van der Waals surface area (Å²) in [7, 11) is 0. The highest BCUT2D eigenvalue weighted by molar-refractivity contribution is 5.48. The van der Waals surface area contributed by atoms with Crippen molar-refractivity contribution in [1.82, 2.24) is 4.90 Å². The van der Waals surface area contributed by atoms with Gasteiger partial charge in [-0.05, 0) is 11.1 Å². The lowest BCUT2D eigenvalue weighted by Gasteiger charge is -2.28. The smallest absolute Gasteiger partial charge is 0.0629 e. The molecule has 0 radical (unpaired) electrons. The fourth-order valence-electron chi connectivity index (χ4n) is 2.41. The minimum absolute atomic E-state index is 0.0465. The van der Waals surface area contributed by atoms with Crippen LogP contribution in [0.25, 0.3) is 6.08 Å². The summed E-state index contributed by atoms with van der Waals surface area (Å²) in [6.45, 7) is 1.24. The average Bonchev–Trinajstić information content (AvgIpc) is 2.57. The Balaban J connectivity index is 2.08. The van der Waals surface area contributed by atoms with Crippen LogP contribution in [0, 0.1) is 12.3 Å². The van der Waals surface area contributed by atoms with Crippen molar-refractivity contribution in [3.8, 4) is 12.3 Å². The van der Waals surface area contributed by atoms with Crippen LogP contribution in [0.1, 0.15) is 17.2 Å². The van der Waals surface area contributed by atoms with Crippen LogP contribution in [0.5, 0.6) is 0 Å². The van der Waals surface area contributed by atoms with Crippen molar-refractivity contribution in [1.29, 1.82) is 0 Å². The lowest BCUT2D eigenvalue weighted by Crippen LogP contribution is -2.31. The van der Waals surface area contributed by atoms with E-state index in [-0.39, 0.29) is 12.6 Å². The summed E-state index contributed by atoms with van der Waals surface area (Å²) in [5, 5.41) is 9.76. The van der Waals surface area contributed by atoms with E-state index in [1.54, 1.807) is 0 Å². The van der Waals surface area contributed by atoms with Gasteiger partial charge >= 0.3 is 0 Å². The van der Waals surface area contributed by atoms with Gasteiger partial charge < -0.3 is 5.11 Å². The molecule has 0 aliphatic rings. The van der Waals surface area contributed by atoms with Crippen LogP contribution in [0.4, 0.5) is 0 Å². The van der Waals surface area contributed by atoms with E-state index in [1.165, 1.54) is 0 Å². The van der Waals surface area contributed by atoms with E-state index in [4.69, 9.17) is 6.42 Å². The Bertz CT molecular complexity index is 613. The molecular formula is C20H21NO. The summed E-state index contributed by atoms with van der Waals surface area (Å²) in [5.41, 5.74) is 2.23. The number of aliphatic hydroxyl groups is 1. The van der Waals surface area contributed by atoms with Crippen molar-refractivity contribution in [2.24, 2.45) is 0 Å². The van der Waals surface area contributed by atoms with Gasteiger partial charge in [0.05, 0.1) is 19.2 Å². The number of aliphatic hydroxyl groups excluding tert-OH is 1. The van der Waals surface area contributed by atoms with E-state index in [1.807, 2.05) is 48.5 Å². The SMILES string of the molecule is C#CCN(C/C=C/c1ccccc1)C(CO)c1ccccc1. The summed E-state index contributed by atoms with van der Waals surface area (Å²) in [6, 6.07) is 20.0. The highest BCUT2D eigenvalue weighted by atomic mass is 16.3. The van der Waals surface area contributed by atoms with Crippen molar-refractivity contribution in [2.75, 3.05) is 19.7 Å². The third kappa shape index (κ3) is 4.60. The van der Waals surface area contributed by atoms with Gasteiger partial charge in [-0.2, -0.15) is 0 Å². The Hall–Kier alpha value is -2.34. The van der Waals surface area contributed by atoms with Crippen LogP contribution in [0.2, 0.25) is 0 Å². The van der Waals surface area contributed by atoms with E-state index in [2.05, 4.69) is 35.1 Å². The molecule has 0 aliphatic heterocycles. The van der Waals surface area contributed by atoms with Gasteiger partial charge in [-0.1, -0.05) is 78.7 Å². The highest BCUT2D eigenvalue weighted by Gasteiger charge is 2.17. The molecule has 112 valence electrons. The monoisotopic (exact) mass is 291 g/mol. The maximum Gasteiger partial charge on any atom is 0.0629 e. The molecule has 1 N–H and O–H groups in total. The molecule has 0 aromatic heterocycles. The van der Waals surface area contributed by atoms with Gasteiger partial charge in [-0.25, -0.2) is 0 Å². The molecule has 0 bridgehead atoms. The average molecular weight is 291 g/mol. The van der Waals surface area contributed by atoms with Crippen LogP contribution < -0.4 is 0 Å². The minimum Gasteiger partial charge on any atom is -0.394 e. The molecule has 2 aromatic rings. The zero-order chi connectivity index (χ0) is 15.6. The molecule has 0 heterocycles. The first kappa shape index (κ1) is 16.0. The van der Waals surface area contributed by atoms with Crippen LogP contribution in [-0.4, -0.2) is 29.7 Å². The van der Waals surface area contributed by atoms with Crippen molar-refractivity contribution < 1.29 is 5.11 Å². The number of rotatable bonds is 7. The molecule has 2 rings (SSSR count). The number of hydrogen-bond donors (Lipinski definition) is 1. The molecule has 0 aliphatic carbocycles. The first-order valence-electron chi connectivity index (χ1n) is 7.40. The molecule has 0 spiro atoms. The van der Waals surface area contributed by atoms with Gasteiger partial charge in [0.2, 0.25) is 0 Å². The second-order valence-electron chi connectivity index (χ2n) is 5.06. The fraction of sp³-hybridized carbons (Fsp3) is 0.200. The molecule has 2 heteroatoms. The zero-order valence-electron chi connectivity index (χ0n) is 12.6. The van der Waals surface area contributed by atoms with Crippen molar-refractivity contribution >= 4 is 6.08 Å². The Morgan fingerprint density at radius 2 is 1.68 bits per heavy atom. The second kappa shape index (κ2) is 8.84. The molecule has 0 fully saturated rings. The lowest BCUT2D eigenvalue weighted by molar-refractivity contribution is 0.147. The Morgan fingerprint density at radius 1 is 1.05 bits per heavy atom. The normalized spacial score (nSPS) is 12.4. The van der Waals surface area contributed by atoms with Gasteiger partial charge in [-0.15, -0.1) is 6.42 Å². The third-order valence-corrected chi connectivity index (χ3v) is 3.54. The maximum atomic E-state index is 9.76. The number of terminal acetylenes is 1. The molecule has 0 amide bonds. The molecular weight excluding hydrogens is 270 g/mol. The quantitative estimate of drug-likeness (QED) is 0.791. The van der Waals surface area contributed by atoms with E-state index in [9.17, 15) is 5.11 Å². The highest BCUT2D eigenvalue weighted by Crippen LogP contribution is 2.19. The summed E-state index contributed by atoms with van der Waals surface area (Å²) in [4.78, 5) is 2.09. The summed E-state index contributed by atoms with van der Waals surface area (Å²) < 4.78 is 0. The van der Waals surface area contributed by atoms with Crippen molar-refractivity contribution in [3.63, 3.8) is 0 Å². The molecule has 22 heavy (non-hydrogen) atoms. The first-order chi connectivity index (χ1) is 10.8. The van der Waals surface area contributed by atoms with E-state index in [0.29, 0.717) is 13.1 Å². The van der Waals surface area contributed by atoms with Crippen LogP contribution in [0.15, 0.2) is 66.7 Å². The predicted octanol–water partition coefficient (Wildman–Crippen LogP) is 3.37. The molecule has 1 unspecified atom stereocenters. The molecule has 0 saturated carbocycles. The molecule has 2 aromatic carbocycles. The standard InChI is InChI=1S/C20H21NO/c1-2-15-21(16-9-12-18-10-5-3-6-11-18)20(17-22)19-13-7-4-8-14-19/h1,3-14,20,22H,15-17H2/b12-9+. The summed E-state index contributed by atoms with van der Waals surface area (Å²) >= 11 is 0. The summed E-state index contributed by atoms with van der Waals surface area (Å²) in [6.07, 6.45) is 9.64. The molecule has 1 atom stereocenters. The fourth-order valence-corrected chi connectivity index (χ4v) is 2.41. The number of nitrogens with zero attached hydrogens (tertiary/aromatic N) is 1. The number of benzene rings is 2. The van der Waals surface area contributed by atoms with Gasteiger partial charge in [0.25, 0.3) is 0 Å². The second-order valence-corrected chi connectivity index (χ2v) is 5.06. The van der Waals surface area contributed by atoms with Crippen molar-refractivity contribution in [2.45, 2.75) is 6.04 Å². The Kier molecular flexibility index (Phi) is 6.44. The van der Waals surface area contributed by atoms with Crippen LogP contribution >= 0.6 is 0 Å². The summed E-state index contributed by atoms with van der Waals surface area (Å²) in [5.74, 6) is 2.68. The van der Waals surface area contributed by atoms with Gasteiger partial charge in [0, 0.05) is 6.54 Å². The van der Waals surface area contributed by atoms with Crippen LogP contribution in [0.3, 0.4) is 0 Å². The Morgan fingerprint density at radius 3 is 2.27 bits per heavy atom. The first-order valence-corrected chi connectivity index (χ1v) is 7.40. The van der Waals surface area contributed by atoms with Crippen molar-refractivity contribution in [3.05, 3.63) is 77.9 Å². The maximum absolute atomic E-state index is 9.76. The van der Waals surface area contributed by atoms with E-state index in [0.717, 1.165) is 11.1 Å². The predicted molar refractivity (Wildman–Crippen MR) is 92.2 cm³/mol. The van der Waals surface area contributed by atoms with E-state index >= 15 is 0 Å². The number of hydrogen-bond acceptors (Lipinski definition) is 2. The minimum atomic E-state index is -0.0855. The molecule has 0 saturated heterocycles. The van der Waals surface area contributed by atoms with Gasteiger partial charge in [-0.3, -0.25) is 4.90 Å². The van der Waals surface area contributed by atoms with E-state index < -0.39 is 0 Å². The lowest BCUT2D eigenvalue weighted by atomic mass is 10.1.